The molecule has 0 amide bonds. The summed E-state index contributed by atoms with van der Waals surface area (Å²) in [5.41, 5.74) is 9.41. The molecule has 2 aliphatic heterocycles. The Hall–Kier alpha value is -0.240. The van der Waals surface area contributed by atoms with E-state index in [1.807, 2.05) is 0 Å². The minimum absolute atomic E-state index is 0.357. The van der Waals surface area contributed by atoms with Crippen molar-refractivity contribution in [2.45, 2.75) is 36.9 Å². The van der Waals surface area contributed by atoms with Gasteiger partial charge in [-0.1, -0.05) is 0 Å². The second-order valence-electron chi connectivity index (χ2n) is 5.08. The van der Waals surface area contributed by atoms with Gasteiger partial charge in [-0.05, 0) is 0 Å². The molecule has 18 heavy (non-hydrogen) atoms. The lowest BCUT2D eigenvalue weighted by atomic mass is 9.95. The van der Waals surface area contributed by atoms with Crippen molar-refractivity contribution in [1.82, 2.24) is 0 Å². The van der Waals surface area contributed by atoms with E-state index in [2.05, 4.69) is 0 Å². The molecule has 0 spiro atoms. The largest absolute Gasteiger partial charge is 0.388 e. The van der Waals surface area contributed by atoms with E-state index in [4.69, 9.17) is 20.9 Å². The molecule has 0 aliphatic carbocycles. The monoisotopic (exact) mass is 262 g/mol. The van der Waals surface area contributed by atoms with E-state index in [1.165, 1.54) is 0 Å². The molecule has 0 bridgehead atoms. The van der Waals surface area contributed by atoms with Crippen molar-refractivity contribution in [1.29, 1.82) is 0 Å². The van der Waals surface area contributed by atoms with E-state index >= 15 is 0 Å². The van der Waals surface area contributed by atoms with E-state index in [0.29, 0.717) is 65.2 Å². The molecule has 6 heteroatoms. The van der Waals surface area contributed by atoms with E-state index in [1.54, 1.807) is 0 Å². The normalized spacial score (nSPS) is 26.0. The van der Waals surface area contributed by atoms with Crippen LogP contribution in [0.1, 0.15) is 25.7 Å². The van der Waals surface area contributed by atoms with Gasteiger partial charge in [-0.3, -0.25) is 0 Å². The van der Waals surface area contributed by atoms with Gasteiger partial charge < -0.3 is 31.2 Å². The molecule has 0 saturated carbocycles. The molecular weight excluding hydrogens is 236 g/mol. The predicted octanol–water partition coefficient (Wildman–Crippen LogP) is -1.03. The van der Waals surface area contributed by atoms with E-state index in [9.17, 15) is 10.2 Å². The summed E-state index contributed by atoms with van der Waals surface area (Å²) in [5.74, 6) is 0. The summed E-state index contributed by atoms with van der Waals surface area (Å²) in [7, 11) is 0. The van der Waals surface area contributed by atoms with Gasteiger partial charge in [-0.2, -0.15) is 0 Å². The van der Waals surface area contributed by atoms with Crippen LogP contribution in [-0.2, 0) is 9.47 Å². The van der Waals surface area contributed by atoms with Crippen LogP contribution in [0.3, 0.4) is 0 Å². The molecule has 2 heterocycles. The van der Waals surface area contributed by atoms with E-state index in [-0.39, 0.29) is 0 Å². The lowest BCUT2D eigenvalue weighted by Crippen LogP contribution is -2.42. The summed E-state index contributed by atoms with van der Waals surface area (Å²) in [4.78, 5) is 0. The van der Waals surface area contributed by atoms with Gasteiger partial charge in [0.15, 0.2) is 0 Å². The zero-order valence-electron chi connectivity index (χ0n) is 10.9. The topological polar surface area (TPSA) is 111 Å². The molecule has 2 aliphatic rings. The van der Waals surface area contributed by atoms with Crippen LogP contribution in [0.2, 0.25) is 0 Å². The highest BCUT2D eigenvalue weighted by Crippen LogP contribution is 2.18. The third-order valence-corrected chi connectivity index (χ3v) is 3.61. The van der Waals surface area contributed by atoms with Crippen LogP contribution in [0.15, 0.2) is 0 Å². The van der Waals surface area contributed by atoms with Crippen LogP contribution in [0.4, 0.5) is 0 Å². The van der Waals surface area contributed by atoms with Gasteiger partial charge >= 0.3 is 0 Å². The van der Waals surface area contributed by atoms with Crippen LogP contribution in [0, 0.1) is 0 Å². The van der Waals surface area contributed by atoms with Gasteiger partial charge in [-0.15, -0.1) is 0 Å². The fourth-order valence-electron chi connectivity index (χ4n) is 1.91. The summed E-state index contributed by atoms with van der Waals surface area (Å²) in [5, 5.41) is 19.0. The summed E-state index contributed by atoms with van der Waals surface area (Å²) in [6.45, 7) is 3.30. The fourth-order valence-corrected chi connectivity index (χ4v) is 1.91. The third-order valence-electron chi connectivity index (χ3n) is 3.61. The van der Waals surface area contributed by atoms with Gasteiger partial charge in [0, 0.05) is 65.2 Å². The van der Waals surface area contributed by atoms with Crippen molar-refractivity contribution in [3.63, 3.8) is 0 Å². The quantitative estimate of drug-likeness (QED) is 0.506. The van der Waals surface area contributed by atoms with Gasteiger partial charge in [0.05, 0.1) is 11.2 Å². The highest BCUT2D eigenvalue weighted by Gasteiger charge is 2.28. The molecule has 6 nitrogen and oxygen atoms in total. The minimum atomic E-state index is -0.627. The summed E-state index contributed by atoms with van der Waals surface area (Å²) >= 11 is 0. The highest BCUT2D eigenvalue weighted by molar-refractivity contribution is 4.82. The molecule has 2 fully saturated rings. The van der Waals surface area contributed by atoms with Gasteiger partial charge in [0.25, 0.3) is 0 Å². The maximum Gasteiger partial charge on any atom is 0.0813 e. The molecule has 0 atom stereocenters. The Morgan fingerprint density at radius 1 is 0.722 bits per heavy atom. The number of aliphatic hydroxyl groups is 2. The summed E-state index contributed by atoms with van der Waals surface area (Å²) in [6.07, 6.45) is 2.74. The molecule has 0 aromatic carbocycles. The van der Waals surface area contributed by atoms with Gasteiger partial charge in [0.1, 0.15) is 0 Å². The van der Waals surface area contributed by atoms with Gasteiger partial charge in [-0.25, -0.2) is 0 Å². The average molecular weight is 262 g/mol. The van der Waals surface area contributed by atoms with Crippen molar-refractivity contribution in [2.75, 3.05) is 39.5 Å². The first kappa shape index (κ1) is 15.8. The van der Waals surface area contributed by atoms with Crippen LogP contribution >= 0.6 is 0 Å². The van der Waals surface area contributed by atoms with E-state index < -0.39 is 11.2 Å². The Kier molecular flexibility index (Phi) is 6.48. The fraction of sp³-hybridized carbons (Fsp3) is 1.00. The number of hydrogen-bond donors (Lipinski definition) is 4. The summed E-state index contributed by atoms with van der Waals surface area (Å²) < 4.78 is 10.1. The molecule has 6 N–H and O–H groups in total. The maximum absolute atomic E-state index is 9.48. The smallest absolute Gasteiger partial charge is 0.0813 e. The first-order chi connectivity index (χ1) is 8.54. The first-order valence-corrected chi connectivity index (χ1v) is 6.54. The van der Waals surface area contributed by atoms with Crippen molar-refractivity contribution >= 4 is 0 Å². The van der Waals surface area contributed by atoms with Crippen LogP contribution < -0.4 is 11.5 Å². The van der Waals surface area contributed by atoms with Crippen LogP contribution in [0.25, 0.3) is 0 Å². The molecule has 0 aromatic heterocycles. The molecule has 2 saturated heterocycles. The van der Waals surface area contributed by atoms with Crippen molar-refractivity contribution in [2.24, 2.45) is 11.5 Å². The van der Waals surface area contributed by atoms with E-state index in [0.717, 1.165) is 0 Å². The highest BCUT2D eigenvalue weighted by atomic mass is 16.5. The minimum Gasteiger partial charge on any atom is -0.388 e. The third kappa shape index (κ3) is 5.17. The predicted molar refractivity (Wildman–Crippen MR) is 68.1 cm³/mol. The average Bonchev–Trinajstić information content (AvgIpc) is 2.41. The van der Waals surface area contributed by atoms with Crippen molar-refractivity contribution < 1.29 is 19.7 Å². The molecule has 0 unspecified atom stereocenters. The number of nitrogens with two attached hydrogens (primary N) is 2. The Balaban J connectivity index is 0.000000180. The van der Waals surface area contributed by atoms with Crippen LogP contribution in [-0.4, -0.2) is 60.9 Å². The van der Waals surface area contributed by atoms with Crippen molar-refractivity contribution in [3.8, 4) is 0 Å². The zero-order valence-corrected chi connectivity index (χ0v) is 10.9. The lowest BCUT2D eigenvalue weighted by molar-refractivity contribution is -0.0572. The number of rotatable bonds is 2. The van der Waals surface area contributed by atoms with Crippen molar-refractivity contribution in [3.05, 3.63) is 0 Å². The standard InChI is InChI=1S/2C6H13NO2/c2*7-5-6(8)1-3-9-4-2-6/h2*8H,1-5,7H2. The molecule has 0 aromatic rings. The van der Waals surface area contributed by atoms with Gasteiger partial charge in [0.2, 0.25) is 0 Å². The van der Waals surface area contributed by atoms with Crippen LogP contribution in [0.5, 0.6) is 0 Å². The second-order valence-corrected chi connectivity index (χ2v) is 5.08. The second kappa shape index (κ2) is 7.37. The molecule has 108 valence electrons. The molecule has 2 rings (SSSR count). The molecular formula is C12H26N2O4. The number of hydrogen-bond acceptors (Lipinski definition) is 6. The summed E-state index contributed by atoms with van der Waals surface area (Å²) in [6, 6.07) is 0. The Morgan fingerprint density at radius 3 is 1.17 bits per heavy atom. The molecule has 0 radical (unpaired) electrons. The SMILES string of the molecule is NCC1(O)CCOCC1.NCC1(O)CCOCC1. The number of ether oxygens (including phenoxy) is 2. The first-order valence-electron chi connectivity index (χ1n) is 6.54. The maximum atomic E-state index is 9.48. The Labute approximate surface area is 108 Å². The lowest BCUT2D eigenvalue weighted by Gasteiger charge is -2.30. The zero-order chi connectivity index (χ0) is 13.5. The Morgan fingerprint density at radius 2 is 1.00 bits per heavy atom. The Bertz CT molecular complexity index is 202.